The van der Waals surface area contributed by atoms with E-state index >= 15 is 0 Å². The molecule has 1 unspecified atom stereocenters. The van der Waals surface area contributed by atoms with E-state index in [0.29, 0.717) is 0 Å². The fourth-order valence-electron chi connectivity index (χ4n) is 1.04. The Hall–Kier alpha value is -1.09. The molecular weight excluding hydrogens is 128 g/mol. The van der Waals surface area contributed by atoms with Gasteiger partial charge in [-0.15, -0.1) is 5.48 Å². The van der Waals surface area contributed by atoms with Crippen molar-refractivity contribution in [2.45, 2.75) is 13.0 Å². The maximum atomic E-state index is 4.68. The Morgan fingerprint density at radius 1 is 1.60 bits per heavy atom. The zero-order chi connectivity index (χ0) is 6.97. The SMILES string of the molecule is CC1=CC2NON=C2C=C1. The minimum absolute atomic E-state index is 0.171. The van der Waals surface area contributed by atoms with Gasteiger partial charge in [0.25, 0.3) is 0 Å². The van der Waals surface area contributed by atoms with Crippen molar-refractivity contribution in [2.75, 3.05) is 0 Å². The molecule has 1 heterocycles. The number of oxime groups is 1. The first-order valence-electron chi connectivity index (χ1n) is 3.22. The van der Waals surface area contributed by atoms with Crippen LogP contribution < -0.4 is 5.48 Å². The van der Waals surface area contributed by atoms with Crippen LogP contribution in [0.3, 0.4) is 0 Å². The minimum atomic E-state index is 0.171. The molecule has 1 aliphatic carbocycles. The molecule has 2 aliphatic rings. The van der Waals surface area contributed by atoms with E-state index in [1.807, 2.05) is 19.1 Å². The second-order valence-electron chi connectivity index (χ2n) is 2.45. The van der Waals surface area contributed by atoms with Gasteiger partial charge in [0.1, 0.15) is 11.8 Å². The highest BCUT2D eigenvalue weighted by Crippen LogP contribution is 2.11. The van der Waals surface area contributed by atoms with Crippen LogP contribution in [0.15, 0.2) is 29.0 Å². The first kappa shape index (κ1) is 5.68. The summed E-state index contributed by atoms with van der Waals surface area (Å²) in [5.74, 6) is 0. The molecule has 3 nitrogen and oxygen atoms in total. The van der Waals surface area contributed by atoms with E-state index in [1.165, 1.54) is 5.57 Å². The lowest BCUT2D eigenvalue weighted by atomic mass is 10.0. The largest absolute Gasteiger partial charge is 0.298 e. The summed E-state index contributed by atoms with van der Waals surface area (Å²) in [7, 11) is 0. The third kappa shape index (κ3) is 0.752. The Bertz CT molecular complexity index is 240. The molecule has 0 aromatic carbocycles. The van der Waals surface area contributed by atoms with Gasteiger partial charge in [0.2, 0.25) is 0 Å². The fourth-order valence-corrected chi connectivity index (χ4v) is 1.04. The summed E-state index contributed by atoms with van der Waals surface area (Å²) < 4.78 is 0. The standard InChI is InChI=1S/C7H8N2O/c1-5-2-3-6-7(4-5)9-10-8-6/h2-4,7,9H,1H3. The normalized spacial score (nSPS) is 28.7. The molecule has 1 atom stereocenters. The van der Waals surface area contributed by atoms with Crippen LogP contribution >= 0.6 is 0 Å². The first-order valence-corrected chi connectivity index (χ1v) is 3.22. The summed E-state index contributed by atoms with van der Waals surface area (Å²) in [6.45, 7) is 2.05. The van der Waals surface area contributed by atoms with Gasteiger partial charge in [0.05, 0.1) is 0 Å². The van der Waals surface area contributed by atoms with Crippen LogP contribution in [-0.4, -0.2) is 11.8 Å². The number of fused-ring (bicyclic) bond motifs is 1. The van der Waals surface area contributed by atoms with E-state index in [2.05, 4.69) is 21.7 Å². The maximum Gasteiger partial charge on any atom is 0.109 e. The predicted molar refractivity (Wildman–Crippen MR) is 38.3 cm³/mol. The molecule has 1 aliphatic heterocycles. The minimum Gasteiger partial charge on any atom is -0.298 e. The average Bonchev–Trinajstić information content (AvgIpc) is 2.33. The Balaban J connectivity index is 2.32. The highest BCUT2D eigenvalue weighted by molar-refractivity contribution is 6.02. The summed E-state index contributed by atoms with van der Waals surface area (Å²) in [5, 5.41) is 3.77. The van der Waals surface area contributed by atoms with Gasteiger partial charge in [0, 0.05) is 0 Å². The summed E-state index contributed by atoms with van der Waals surface area (Å²) in [6, 6.07) is 0.171. The zero-order valence-electron chi connectivity index (χ0n) is 5.66. The van der Waals surface area contributed by atoms with Crippen LogP contribution in [0.4, 0.5) is 0 Å². The fraction of sp³-hybridized carbons (Fsp3) is 0.286. The maximum absolute atomic E-state index is 4.68. The van der Waals surface area contributed by atoms with Crippen molar-refractivity contribution in [2.24, 2.45) is 5.16 Å². The Kier molecular flexibility index (Phi) is 1.11. The van der Waals surface area contributed by atoms with E-state index in [9.17, 15) is 0 Å². The second-order valence-corrected chi connectivity index (χ2v) is 2.45. The lowest BCUT2D eigenvalue weighted by Crippen LogP contribution is -2.27. The predicted octanol–water partition coefficient (Wildman–Crippen LogP) is 0.762. The molecule has 52 valence electrons. The lowest BCUT2D eigenvalue weighted by Gasteiger charge is -2.07. The zero-order valence-corrected chi connectivity index (χ0v) is 5.66. The van der Waals surface area contributed by atoms with Crippen molar-refractivity contribution in [3.63, 3.8) is 0 Å². The van der Waals surface area contributed by atoms with E-state index < -0.39 is 0 Å². The summed E-state index contributed by atoms with van der Waals surface area (Å²) in [5.41, 5.74) is 4.95. The van der Waals surface area contributed by atoms with Gasteiger partial charge >= 0.3 is 0 Å². The van der Waals surface area contributed by atoms with Crippen LogP contribution in [0, 0.1) is 0 Å². The van der Waals surface area contributed by atoms with Crippen LogP contribution in [0.2, 0.25) is 0 Å². The average molecular weight is 136 g/mol. The van der Waals surface area contributed by atoms with E-state index in [1.54, 1.807) is 0 Å². The molecule has 2 rings (SSSR count). The third-order valence-corrected chi connectivity index (χ3v) is 1.60. The molecule has 0 bridgehead atoms. The van der Waals surface area contributed by atoms with Crippen molar-refractivity contribution in [3.05, 3.63) is 23.8 Å². The van der Waals surface area contributed by atoms with Gasteiger partial charge in [-0.1, -0.05) is 22.9 Å². The van der Waals surface area contributed by atoms with Crippen LogP contribution in [-0.2, 0) is 4.94 Å². The molecule has 0 fully saturated rings. The van der Waals surface area contributed by atoms with E-state index in [4.69, 9.17) is 0 Å². The van der Waals surface area contributed by atoms with Crippen LogP contribution in [0.25, 0.3) is 0 Å². The van der Waals surface area contributed by atoms with Gasteiger partial charge < -0.3 is 0 Å². The highest BCUT2D eigenvalue weighted by atomic mass is 16.8. The number of nitrogens with one attached hydrogen (secondary N) is 1. The smallest absolute Gasteiger partial charge is 0.109 e. The summed E-state index contributed by atoms with van der Waals surface area (Å²) >= 11 is 0. The Morgan fingerprint density at radius 2 is 2.50 bits per heavy atom. The number of hydrogen-bond acceptors (Lipinski definition) is 3. The quantitative estimate of drug-likeness (QED) is 0.533. The van der Waals surface area contributed by atoms with Gasteiger partial charge in [-0.2, -0.15) is 0 Å². The lowest BCUT2D eigenvalue weighted by molar-refractivity contribution is 0.0671. The number of rotatable bonds is 0. The molecule has 3 heteroatoms. The van der Waals surface area contributed by atoms with Crippen molar-refractivity contribution in [1.82, 2.24) is 5.48 Å². The molecule has 0 spiro atoms. The van der Waals surface area contributed by atoms with Crippen molar-refractivity contribution in [1.29, 1.82) is 0 Å². The molecule has 0 amide bonds. The Labute approximate surface area is 59.0 Å². The van der Waals surface area contributed by atoms with Crippen molar-refractivity contribution in [3.8, 4) is 0 Å². The van der Waals surface area contributed by atoms with Gasteiger partial charge in [-0.25, -0.2) is 0 Å². The van der Waals surface area contributed by atoms with Gasteiger partial charge in [-0.05, 0) is 13.0 Å². The molecule has 0 saturated heterocycles. The van der Waals surface area contributed by atoms with Gasteiger partial charge in [-0.3, -0.25) is 4.94 Å². The van der Waals surface area contributed by atoms with E-state index in [-0.39, 0.29) is 6.04 Å². The third-order valence-electron chi connectivity index (χ3n) is 1.60. The topological polar surface area (TPSA) is 33.6 Å². The molecule has 0 aromatic rings. The monoisotopic (exact) mass is 136 g/mol. The summed E-state index contributed by atoms with van der Waals surface area (Å²) in [4.78, 5) is 4.68. The Morgan fingerprint density at radius 3 is 3.40 bits per heavy atom. The number of hydrogen-bond donors (Lipinski definition) is 1. The summed E-state index contributed by atoms with van der Waals surface area (Å²) in [6.07, 6.45) is 6.05. The van der Waals surface area contributed by atoms with Crippen molar-refractivity contribution >= 4 is 5.71 Å². The molecule has 0 aromatic heterocycles. The second kappa shape index (κ2) is 1.95. The molecular formula is C7H8N2O. The van der Waals surface area contributed by atoms with Gasteiger partial charge in [0.15, 0.2) is 0 Å². The number of allylic oxidation sites excluding steroid dienone is 2. The molecule has 10 heavy (non-hydrogen) atoms. The number of nitrogens with zero attached hydrogens (tertiary/aromatic N) is 1. The number of hydroxylamine groups is 1. The molecule has 0 saturated carbocycles. The molecule has 1 N–H and O–H groups in total. The van der Waals surface area contributed by atoms with Crippen LogP contribution in [0.1, 0.15) is 6.92 Å². The highest BCUT2D eigenvalue weighted by Gasteiger charge is 2.20. The van der Waals surface area contributed by atoms with Crippen LogP contribution in [0.5, 0.6) is 0 Å². The van der Waals surface area contributed by atoms with E-state index in [0.717, 1.165) is 5.71 Å². The molecule has 0 radical (unpaired) electrons. The first-order chi connectivity index (χ1) is 4.86. The van der Waals surface area contributed by atoms with Crippen molar-refractivity contribution < 1.29 is 4.94 Å².